The average Bonchev–Trinajstić information content (AvgIpc) is 2.89. The van der Waals surface area contributed by atoms with Gasteiger partial charge in [0.25, 0.3) is 0 Å². The molecular formula is C16H25N5. The number of hydrogen-bond donors (Lipinski definition) is 1. The van der Waals surface area contributed by atoms with Crippen molar-refractivity contribution in [3.63, 3.8) is 0 Å². The lowest BCUT2D eigenvalue weighted by molar-refractivity contribution is 0.584. The lowest BCUT2D eigenvalue weighted by Crippen LogP contribution is -2.23. The fourth-order valence-corrected chi connectivity index (χ4v) is 2.18. The first-order valence-electron chi connectivity index (χ1n) is 7.69. The summed E-state index contributed by atoms with van der Waals surface area (Å²) in [6.07, 6.45) is 3.65. The summed E-state index contributed by atoms with van der Waals surface area (Å²) < 4.78 is 1.98. The molecule has 0 bridgehead atoms. The molecule has 1 N–H and O–H groups in total. The molecule has 0 aliphatic rings. The first-order chi connectivity index (χ1) is 10.0. The summed E-state index contributed by atoms with van der Waals surface area (Å²) in [7, 11) is 0. The third kappa shape index (κ3) is 3.67. The number of aryl methyl sites for hydroxylation is 3. The number of hydrogen-bond acceptors (Lipinski definition) is 4. The molecule has 0 aromatic carbocycles. The van der Waals surface area contributed by atoms with Gasteiger partial charge in [-0.3, -0.25) is 4.98 Å². The second-order valence-electron chi connectivity index (χ2n) is 5.55. The van der Waals surface area contributed by atoms with Crippen molar-refractivity contribution in [2.45, 2.75) is 60.0 Å². The summed E-state index contributed by atoms with van der Waals surface area (Å²) in [6.45, 7) is 11.3. The van der Waals surface area contributed by atoms with Crippen LogP contribution in [0.1, 0.15) is 50.6 Å². The van der Waals surface area contributed by atoms with Gasteiger partial charge in [0.2, 0.25) is 0 Å². The molecule has 0 unspecified atom stereocenters. The van der Waals surface area contributed by atoms with Gasteiger partial charge in [0.05, 0.1) is 5.69 Å². The molecule has 114 valence electrons. The van der Waals surface area contributed by atoms with Crippen molar-refractivity contribution in [2.75, 3.05) is 0 Å². The Kier molecular flexibility index (Phi) is 5.07. The van der Waals surface area contributed by atoms with Gasteiger partial charge in [-0.05, 0) is 13.0 Å². The van der Waals surface area contributed by atoms with Crippen LogP contribution in [-0.2, 0) is 19.4 Å². The molecule has 0 fully saturated rings. The normalized spacial score (nSPS) is 11.3. The maximum atomic E-state index is 4.65. The summed E-state index contributed by atoms with van der Waals surface area (Å²) in [5.74, 6) is 1.90. The maximum Gasteiger partial charge on any atom is 0.151 e. The molecule has 2 aromatic heterocycles. The summed E-state index contributed by atoms with van der Waals surface area (Å²) in [4.78, 5) is 9.02. The van der Waals surface area contributed by atoms with Gasteiger partial charge in [0.15, 0.2) is 5.82 Å². The molecule has 0 saturated carbocycles. The Bertz CT molecular complexity index is 601. The molecule has 5 heteroatoms. The Balaban J connectivity index is 2.46. The summed E-state index contributed by atoms with van der Waals surface area (Å²) in [5, 5.41) is 8.10. The van der Waals surface area contributed by atoms with E-state index in [4.69, 9.17) is 0 Å². The molecular weight excluding hydrogens is 262 g/mol. The molecule has 0 aliphatic carbocycles. The van der Waals surface area contributed by atoms with Gasteiger partial charge >= 0.3 is 0 Å². The Hall–Kier alpha value is -1.75. The molecule has 2 rings (SSSR count). The van der Waals surface area contributed by atoms with Crippen LogP contribution in [0.25, 0.3) is 5.69 Å². The van der Waals surface area contributed by atoms with E-state index in [-0.39, 0.29) is 0 Å². The highest BCUT2D eigenvalue weighted by atomic mass is 15.4. The standard InChI is InChI=1S/C16H25N5/c1-6-15-19-16(7-2)21(20-15)14-8-12(5)18-10-13(14)9-17-11(3)4/h8,10-11,17H,6-7,9H2,1-5H3. The van der Waals surface area contributed by atoms with Crippen LogP contribution in [-0.4, -0.2) is 25.8 Å². The van der Waals surface area contributed by atoms with Gasteiger partial charge in [0.1, 0.15) is 5.82 Å². The predicted octanol–water partition coefficient (Wildman–Crippen LogP) is 2.59. The van der Waals surface area contributed by atoms with E-state index in [1.807, 2.05) is 17.8 Å². The molecule has 5 nitrogen and oxygen atoms in total. The Morgan fingerprint density at radius 1 is 1.24 bits per heavy atom. The number of aromatic nitrogens is 4. The highest BCUT2D eigenvalue weighted by Gasteiger charge is 2.13. The van der Waals surface area contributed by atoms with Crippen LogP contribution >= 0.6 is 0 Å². The zero-order chi connectivity index (χ0) is 15.4. The van der Waals surface area contributed by atoms with Crippen LogP contribution in [0.15, 0.2) is 12.3 Å². The Morgan fingerprint density at radius 3 is 2.62 bits per heavy atom. The zero-order valence-corrected chi connectivity index (χ0v) is 13.6. The SMILES string of the molecule is CCc1nc(CC)n(-c2cc(C)ncc2CNC(C)C)n1. The highest BCUT2D eigenvalue weighted by molar-refractivity contribution is 5.41. The van der Waals surface area contributed by atoms with E-state index >= 15 is 0 Å². The van der Waals surface area contributed by atoms with E-state index in [1.54, 1.807) is 0 Å². The minimum absolute atomic E-state index is 0.437. The Morgan fingerprint density at radius 2 is 2.00 bits per heavy atom. The number of rotatable bonds is 6. The average molecular weight is 287 g/mol. The van der Waals surface area contributed by atoms with Gasteiger partial charge < -0.3 is 5.32 Å². The van der Waals surface area contributed by atoms with Crippen molar-refractivity contribution in [1.82, 2.24) is 25.1 Å². The van der Waals surface area contributed by atoms with Crippen molar-refractivity contribution in [3.8, 4) is 5.69 Å². The quantitative estimate of drug-likeness (QED) is 0.887. The number of nitrogens with zero attached hydrogens (tertiary/aromatic N) is 4. The third-order valence-corrected chi connectivity index (χ3v) is 3.38. The van der Waals surface area contributed by atoms with Crippen LogP contribution in [0.4, 0.5) is 0 Å². The van der Waals surface area contributed by atoms with Gasteiger partial charge in [-0.1, -0.05) is 27.7 Å². The molecule has 0 radical (unpaired) electrons. The molecule has 2 aromatic rings. The van der Waals surface area contributed by atoms with Crippen molar-refractivity contribution in [1.29, 1.82) is 0 Å². The van der Waals surface area contributed by atoms with E-state index in [1.165, 1.54) is 0 Å². The van der Waals surface area contributed by atoms with Gasteiger partial charge in [0, 0.05) is 42.9 Å². The van der Waals surface area contributed by atoms with Crippen LogP contribution in [0.3, 0.4) is 0 Å². The van der Waals surface area contributed by atoms with Gasteiger partial charge in [-0.25, -0.2) is 9.67 Å². The summed E-state index contributed by atoms with van der Waals surface area (Å²) >= 11 is 0. The summed E-state index contributed by atoms with van der Waals surface area (Å²) in [5.41, 5.74) is 3.23. The molecule has 0 atom stereocenters. The van der Waals surface area contributed by atoms with Crippen LogP contribution in [0.2, 0.25) is 0 Å². The van der Waals surface area contributed by atoms with E-state index in [9.17, 15) is 0 Å². The van der Waals surface area contributed by atoms with Crippen molar-refractivity contribution in [2.24, 2.45) is 0 Å². The van der Waals surface area contributed by atoms with Crippen LogP contribution in [0.5, 0.6) is 0 Å². The van der Waals surface area contributed by atoms with E-state index in [0.717, 1.165) is 48.0 Å². The fourth-order valence-electron chi connectivity index (χ4n) is 2.18. The van der Waals surface area contributed by atoms with Crippen molar-refractivity contribution < 1.29 is 0 Å². The maximum absolute atomic E-state index is 4.65. The second kappa shape index (κ2) is 6.80. The first kappa shape index (κ1) is 15.6. The van der Waals surface area contributed by atoms with E-state index < -0.39 is 0 Å². The Labute approximate surface area is 126 Å². The third-order valence-electron chi connectivity index (χ3n) is 3.38. The molecule has 0 saturated heterocycles. The van der Waals surface area contributed by atoms with E-state index in [0.29, 0.717) is 6.04 Å². The minimum atomic E-state index is 0.437. The minimum Gasteiger partial charge on any atom is -0.310 e. The van der Waals surface area contributed by atoms with Crippen LogP contribution < -0.4 is 5.32 Å². The fraction of sp³-hybridized carbons (Fsp3) is 0.562. The lowest BCUT2D eigenvalue weighted by atomic mass is 10.2. The molecule has 0 amide bonds. The van der Waals surface area contributed by atoms with Crippen molar-refractivity contribution in [3.05, 3.63) is 35.2 Å². The zero-order valence-electron chi connectivity index (χ0n) is 13.6. The topological polar surface area (TPSA) is 55.6 Å². The van der Waals surface area contributed by atoms with E-state index in [2.05, 4.69) is 54.1 Å². The van der Waals surface area contributed by atoms with Crippen LogP contribution in [0, 0.1) is 6.92 Å². The molecule has 21 heavy (non-hydrogen) atoms. The lowest BCUT2D eigenvalue weighted by Gasteiger charge is -2.14. The van der Waals surface area contributed by atoms with Crippen molar-refractivity contribution >= 4 is 0 Å². The second-order valence-corrected chi connectivity index (χ2v) is 5.55. The summed E-state index contributed by atoms with van der Waals surface area (Å²) in [6, 6.07) is 2.52. The van der Waals surface area contributed by atoms with Gasteiger partial charge in [-0.2, -0.15) is 5.10 Å². The molecule has 0 spiro atoms. The number of nitrogens with one attached hydrogen (secondary N) is 1. The highest BCUT2D eigenvalue weighted by Crippen LogP contribution is 2.17. The smallest absolute Gasteiger partial charge is 0.151 e. The molecule has 0 aliphatic heterocycles. The monoisotopic (exact) mass is 287 g/mol. The first-order valence-corrected chi connectivity index (χ1v) is 7.69. The largest absolute Gasteiger partial charge is 0.310 e. The predicted molar refractivity (Wildman–Crippen MR) is 84.6 cm³/mol. The van der Waals surface area contributed by atoms with Gasteiger partial charge in [-0.15, -0.1) is 0 Å². The molecule has 2 heterocycles. The number of pyridine rings is 1.